The minimum absolute atomic E-state index is 0.291. The molecule has 1 aromatic carbocycles. The van der Waals surface area contributed by atoms with Gasteiger partial charge in [0.1, 0.15) is 6.04 Å². The van der Waals surface area contributed by atoms with Crippen molar-refractivity contribution in [2.45, 2.75) is 31.6 Å². The molecule has 0 saturated carbocycles. The van der Waals surface area contributed by atoms with E-state index in [2.05, 4.69) is 9.46 Å². The van der Waals surface area contributed by atoms with Gasteiger partial charge in [-0.3, -0.25) is 0 Å². The van der Waals surface area contributed by atoms with Gasteiger partial charge in [0.15, 0.2) is 0 Å². The molecule has 0 aliphatic heterocycles. The number of methoxy groups -OCH3 is 1. The minimum atomic E-state index is -3.73. The van der Waals surface area contributed by atoms with Crippen LogP contribution in [0.25, 0.3) is 0 Å². The van der Waals surface area contributed by atoms with E-state index < -0.39 is 26.8 Å². The van der Waals surface area contributed by atoms with Crippen molar-refractivity contribution in [2.75, 3.05) is 7.11 Å². The molecule has 1 unspecified atom stereocenters. The van der Waals surface area contributed by atoms with Crippen LogP contribution >= 0.6 is 11.6 Å². The van der Waals surface area contributed by atoms with Gasteiger partial charge in [0.2, 0.25) is 10.0 Å². The molecule has 0 aliphatic rings. The number of hydrogen-bond donors (Lipinski definition) is 1. The first kappa shape index (κ1) is 16.9. The van der Waals surface area contributed by atoms with Crippen molar-refractivity contribution in [2.24, 2.45) is 0 Å². The molecule has 0 aromatic heterocycles. The number of rotatable bonds is 4. The fourth-order valence-electron chi connectivity index (χ4n) is 1.40. The quantitative estimate of drug-likeness (QED) is 0.864. The van der Waals surface area contributed by atoms with Crippen LogP contribution < -0.4 is 4.72 Å². The second kappa shape index (κ2) is 6.11. The summed E-state index contributed by atoms with van der Waals surface area (Å²) >= 11 is 6.02. The molecule has 1 rings (SSSR count). The lowest BCUT2D eigenvalue weighted by atomic mass is 10.1. The van der Waals surface area contributed by atoms with Crippen LogP contribution in [-0.2, 0) is 19.6 Å². The Morgan fingerprint density at radius 3 is 2.30 bits per heavy atom. The van der Waals surface area contributed by atoms with Gasteiger partial charge in [-0.1, -0.05) is 29.8 Å². The van der Waals surface area contributed by atoms with Crippen LogP contribution in [0.4, 0.5) is 0 Å². The summed E-state index contributed by atoms with van der Waals surface area (Å²) in [4.78, 5) is 11.9. The van der Waals surface area contributed by atoms with Gasteiger partial charge in [-0.25, -0.2) is 13.2 Å². The van der Waals surface area contributed by atoms with Gasteiger partial charge in [-0.2, -0.15) is 4.72 Å². The number of carbonyl (C=O) groups is 1. The Morgan fingerprint density at radius 2 is 1.85 bits per heavy atom. The molecule has 1 aromatic rings. The molecule has 0 bridgehead atoms. The standard InChI is InChI=1S/C13H18ClNO4S/c1-13(2,3)20(17,18)15-11(12(16)19-4)9-7-5-6-8-10(9)14/h5-8,11,15H,1-4H3. The number of ether oxygens (including phenoxy) is 1. The smallest absolute Gasteiger partial charge is 0.328 e. The van der Waals surface area contributed by atoms with Gasteiger partial charge in [-0.15, -0.1) is 0 Å². The number of benzene rings is 1. The highest BCUT2D eigenvalue weighted by atomic mass is 35.5. The number of nitrogens with one attached hydrogen (secondary N) is 1. The molecule has 0 heterocycles. The molecule has 0 radical (unpaired) electrons. The molecule has 0 aliphatic carbocycles. The van der Waals surface area contributed by atoms with Crippen molar-refractivity contribution in [3.63, 3.8) is 0 Å². The number of halogens is 1. The molecular weight excluding hydrogens is 302 g/mol. The van der Waals surface area contributed by atoms with Crippen molar-refractivity contribution < 1.29 is 17.9 Å². The summed E-state index contributed by atoms with van der Waals surface area (Å²) in [5.74, 6) is -0.717. The number of sulfonamides is 1. The summed E-state index contributed by atoms with van der Waals surface area (Å²) in [6, 6.07) is 5.35. The maximum atomic E-state index is 12.2. The summed E-state index contributed by atoms with van der Waals surface area (Å²) < 4.78 is 30.4. The van der Waals surface area contributed by atoms with Gasteiger partial charge >= 0.3 is 5.97 Å². The molecule has 0 saturated heterocycles. The lowest BCUT2D eigenvalue weighted by Crippen LogP contribution is -2.43. The average Bonchev–Trinajstić information content (AvgIpc) is 2.34. The molecule has 5 nitrogen and oxygen atoms in total. The summed E-state index contributed by atoms with van der Waals surface area (Å²) in [5, 5.41) is 0.291. The van der Waals surface area contributed by atoms with Crippen LogP contribution in [-0.4, -0.2) is 26.2 Å². The topological polar surface area (TPSA) is 72.5 Å². The second-order valence-electron chi connectivity index (χ2n) is 5.21. The van der Waals surface area contributed by atoms with E-state index in [1.165, 1.54) is 27.9 Å². The Morgan fingerprint density at radius 1 is 1.30 bits per heavy atom. The van der Waals surface area contributed by atoms with E-state index in [1.54, 1.807) is 24.3 Å². The predicted molar refractivity (Wildman–Crippen MR) is 78.0 cm³/mol. The van der Waals surface area contributed by atoms with Crippen LogP contribution in [0, 0.1) is 0 Å². The molecule has 20 heavy (non-hydrogen) atoms. The normalized spacial score (nSPS) is 13.8. The van der Waals surface area contributed by atoms with Crippen LogP contribution in [0.1, 0.15) is 32.4 Å². The van der Waals surface area contributed by atoms with Gasteiger partial charge in [0.25, 0.3) is 0 Å². The highest BCUT2D eigenvalue weighted by Crippen LogP contribution is 2.26. The van der Waals surface area contributed by atoms with E-state index in [1.807, 2.05) is 0 Å². The molecule has 1 N–H and O–H groups in total. The highest BCUT2D eigenvalue weighted by Gasteiger charge is 2.35. The Balaban J connectivity index is 3.24. The van der Waals surface area contributed by atoms with Crippen molar-refractivity contribution in [3.05, 3.63) is 34.9 Å². The number of esters is 1. The molecule has 0 spiro atoms. The minimum Gasteiger partial charge on any atom is -0.468 e. The first-order chi connectivity index (χ1) is 9.10. The SMILES string of the molecule is COC(=O)C(NS(=O)(=O)C(C)(C)C)c1ccccc1Cl. The van der Waals surface area contributed by atoms with Crippen LogP contribution in [0.3, 0.4) is 0 Å². The Hall–Kier alpha value is -1.11. The van der Waals surface area contributed by atoms with E-state index in [9.17, 15) is 13.2 Å². The van der Waals surface area contributed by atoms with Gasteiger partial charge in [0, 0.05) is 5.02 Å². The fourth-order valence-corrected chi connectivity index (χ4v) is 2.53. The first-order valence-corrected chi connectivity index (χ1v) is 7.80. The van der Waals surface area contributed by atoms with E-state index in [-0.39, 0.29) is 0 Å². The van der Waals surface area contributed by atoms with Crippen LogP contribution in [0.2, 0.25) is 5.02 Å². The van der Waals surface area contributed by atoms with Gasteiger partial charge in [-0.05, 0) is 32.4 Å². The van der Waals surface area contributed by atoms with E-state index in [0.717, 1.165) is 0 Å². The Labute approximate surface area is 124 Å². The molecule has 0 amide bonds. The summed E-state index contributed by atoms with van der Waals surface area (Å²) in [5.41, 5.74) is 0.355. The molecule has 112 valence electrons. The summed E-state index contributed by atoms with van der Waals surface area (Å²) in [7, 11) is -2.53. The van der Waals surface area contributed by atoms with Crippen molar-refractivity contribution in [1.82, 2.24) is 4.72 Å². The zero-order valence-corrected chi connectivity index (χ0v) is 13.4. The number of carbonyl (C=O) groups excluding carboxylic acids is 1. The molecule has 1 atom stereocenters. The first-order valence-electron chi connectivity index (χ1n) is 5.94. The maximum Gasteiger partial charge on any atom is 0.328 e. The zero-order valence-electron chi connectivity index (χ0n) is 11.8. The number of hydrogen-bond acceptors (Lipinski definition) is 4. The lowest BCUT2D eigenvalue weighted by Gasteiger charge is -2.24. The molecule has 7 heteroatoms. The Bertz CT molecular complexity index is 593. The van der Waals surface area contributed by atoms with Crippen LogP contribution in [0.15, 0.2) is 24.3 Å². The second-order valence-corrected chi connectivity index (χ2v) is 8.09. The fraction of sp³-hybridized carbons (Fsp3) is 0.462. The molecular formula is C13H18ClNO4S. The van der Waals surface area contributed by atoms with Gasteiger partial charge in [0.05, 0.1) is 11.9 Å². The van der Waals surface area contributed by atoms with Crippen molar-refractivity contribution >= 4 is 27.6 Å². The third kappa shape index (κ3) is 3.71. The third-order valence-electron chi connectivity index (χ3n) is 2.73. The largest absolute Gasteiger partial charge is 0.468 e. The van der Waals surface area contributed by atoms with Crippen LogP contribution in [0.5, 0.6) is 0 Å². The highest BCUT2D eigenvalue weighted by molar-refractivity contribution is 7.90. The van der Waals surface area contributed by atoms with E-state index >= 15 is 0 Å². The monoisotopic (exact) mass is 319 g/mol. The maximum absolute atomic E-state index is 12.2. The summed E-state index contributed by atoms with van der Waals surface area (Å²) in [6.45, 7) is 4.61. The van der Waals surface area contributed by atoms with E-state index in [0.29, 0.717) is 10.6 Å². The Kier molecular flexibility index (Phi) is 5.18. The van der Waals surface area contributed by atoms with Crippen molar-refractivity contribution in [3.8, 4) is 0 Å². The van der Waals surface area contributed by atoms with Gasteiger partial charge < -0.3 is 4.74 Å². The zero-order chi connectivity index (χ0) is 15.6. The average molecular weight is 320 g/mol. The lowest BCUT2D eigenvalue weighted by molar-refractivity contribution is -0.142. The van der Waals surface area contributed by atoms with E-state index in [4.69, 9.17) is 11.6 Å². The van der Waals surface area contributed by atoms with Crippen molar-refractivity contribution in [1.29, 1.82) is 0 Å². The predicted octanol–water partition coefficient (Wildman–Crippen LogP) is 2.27. The summed E-state index contributed by atoms with van der Waals surface area (Å²) in [6.07, 6.45) is 0. The molecule has 0 fully saturated rings. The third-order valence-corrected chi connectivity index (χ3v) is 5.23.